The molecule has 0 unspecified atom stereocenters. The third-order valence-electron chi connectivity index (χ3n) is 3.83. The van der Waals surface area contributed by atoms with Crippen LogP contribution in [0.1, 0.15) is 25.0 Å². The Morgan fingerprint density at radius 3 is 2.67 bits per heavy atom. The van der Waals surface area contributed by atoms with Crippen molar-refractivity contribution in [2.24, 2.45) is 4.99 Å². The summed E-state index contributed by atoms with van der Waals surface area (Å²) in [6.07, 6.45) is 1.73. The van der Waals surface area contributed by atoms with Crippen molar-refractivity contribution in [3.8, 4) is 11.5 Å². The van der Waals surface area contributed by atoms with Crippen molar-refractivity contribution in [1.82, 2.24) is 5.32 Å². The number of hydrogen-bond donors (Lipinski definition) is 1. The molecule has 2 amide bonds. The number of benzene rings is 2. The van der Waals surface area contributed by atoms with Crippen LogP contribution in [0, 0.1) is 3.57 Å². The molecule has 0 bridgehead atoms. The summed E-state index contributed by atoms with van der Waals surface area (Å²) in [5.74, 6) is 0.609. The number of nitrogens with one attached hydrogen (secondary N) is 1. The van der Waals surface area contributed by atoms with Gasteiger partial charge in [0, 0.05) is 11.4 Å². The number of aliphatic imine (C=N–C) groups is 1. The summed E-state index contributed by atoms with van der Waals surface area (Å²) in [6.45, 7) is 4.17. The summed E-state index contributed by atoms with van der Waals surface area (Å²) in [6, 6.07) is 11.7. The molecule has 3 rings (SSSR count). The first-order chi connectivity index (χ1) is 14.4. The predicted octanol–water partition coefficient (Wildman–Crippen LogP) is 5.14. The molecule has 1 aliphatic heterocycles. The number of amidine groups is 1. The fraction of sp³-hybridized carbons (Fsp3) is 0.190. The molecule has 2 aromatic rings. The van der Waals surface area contributed by atoms with Gasteiger partial charge in [0.05, 0.1) is 15.1 Å². The zero-order valence-electron chi connectivity index (χ0n) is 16.2. The molecule has 0 aliphatic carbocycles. The Morgan fingerprint density at radius 1 is 1.27 bits per heavy atom. The van der Waals surface area contributed by atoms with E-state index >= 15 is 0 Å². The van der Waals surface area contributed by atoms with Gasteiger partial charge in [0.1, 0.15) is 6.61 Å². The van der Waals surface area contributed by atoms with Gasteiger partial charge in [-0.3, -0.25) is 9.59 Å². The summed E-state index contributed by atoms with van der Waals surface area (Å²) in [5.41, 5.74) is 1.83. The maximum atomic E-state index is 12.1. The molecule has 1 aliphatic rings. The van der Waals surface area contributed by atoms with Gasteiger partial charge in [-0.15, -0.1) is 0 Å². The SMILES string of the molecule is CCOc1cc(/C=C2\SC(NC(C)=O)=NC2=O)cc(I)c1OCc1ccc(Br)cc1. The monoisotopic (exact) mass is 600 g/mol. The van der Waals surface area contributed by atoms with E-state index in [0.717, 1.165) is 30.9 Å². The van der Waals surface area contributed by atoms with Crippen molar-refractivity contribution in [2.45, 2.75) is 20.5 Å². The quantitative estimate of drug-likeness (QED) is 0.367. The molecule has 0 fully saturated rings. The smallest absolute Gasteiger partial charge is 0.286 e. The van der Waals surface area contributed by atoms with E-state index in [4.69, 9.17) is 9.47 Å². The number of thioether (sulfide) groups is 1. The van der Waals surface area contributed by atoms with Gasteiger partial charge in [0.2, 0.25) is 5.91 Å². The zero-order chi connectivity index (χ0) is 21.7. The van der Waals surface area contributed by atoms with E-state index in [0.29, 0.717) is 29.6 Å². The van der Waals surface area contributed by atoms with Crippen molar-refractivity contribution in [3.63, 3.8) is 0 Å². The van der Waals surface area contributed by atoms with E-state index in [1.54, 1.807) is 6.08 Å². The van der Waals surface area contributed by atoms with Crippen LogP contribution in [0.15, 0.2) is 50.8 Å². The van der Waals surface area contributed by atoms with Gasteiger partial charge < -0.3 is 14.8 Å². The number of ether oxygens (including phenoxy) is 2. The van der Waals surface area contributed by atoms with Crippen LogP contribution in [0.4, 0.5) is 0 Å². The van der Waals surface area contributed by atoms with Gasteiger partial charge in [-0.05, 0) is 82.7 Å². The maximum Gasteiger partial charge on any atom is 0.286 e. The molecule has 0 radical (unpaired) electrons. The minimum Gasteiger partial charge on any atom is -0.490 e. The maximum absolute atomic E-state index is 12.1. The number of carbonyl (C=O) groups is 2. The number of carbonyl (C=O) groups excluding carboxylic acids is 2. The minimum absolute atomic E-state index is 0.268. The van der Waals surface area contributed by atoms with Crippen LogP contribution in [0.25, 0.3) is 6.08 Å². The molecule has 9 heteroatoms. The molecule has 156 valence electrons. The number of amides is 2. The van der Waals surface area contributed by atoms with E-state index in [2.05, 4.69) is 48.8 Å². The van der Waals surface area contributed by atoms with Gasteiger partial charge in [-0.1, -0.05) is 28.1 Å². The first-order valence-corrected chi connectivity index (χ1v) is 11.7. The second-order valence-corrected chi connectivity index (χ2v) is 9.30. The van der Waals surface area contributed by atoms with Gasteiger partial charge in [0.15, 0.2) is 16.7 Å². The highest BCUT2D eigenvalue weighted by atomic mass is 127. The Morgan fingerprint density at radius 2 is 2.00 bits per heavy atom. The summed E-state index contributed by atoms with van der Waals surface area (Å²) in [5, 5.41) is 2.82. The van der Waals surface area contributed by atoms with Crippen molar-refractivity contribution in [3.05, 3.63) is 60.5 Å². The topological polar surface area (TPSA) is 77.0 Å². The van der Waals surface area contributed by atoms with Crippen LogP contribution < -0.4 is 14.8 Å². The molecular formula is C21H18BrIN2O4S. The second-order valence-electron chi connectivity index (χ2n) is 6.19. The Bertz CT molecular complexity index is 1040. The molecule has 30 heavy (non-hydrogen) atoms. The highest BCUT2D eigenvalue weighted by Crippen LogP contribution is 2.37. The molecule has 1 heterocycles. The van der Waals surface area contributed by atoms with Crippen LogP contribution in [-0.2, 0) is 16.2 Å². The Hall–Kier alpha value is -1.85. The van der Waals surface area contributed by atoms with E-state index in [1.807, 2.05) is 43.3 Å². The van der Waals surface area contributed by atoms with Crippen molar-refractivity contribution in [2.75, 3.05) is 6.61 Å². The molecular weight excluding hydrogens is 583 g/mol. The summed E-state index contributed by atoms with van der Waals surface area (Å²) in [4.78, 5) is 27.6. The molecule has 0 aromatic heterocycles. The lowest BCUT2D eigenvalue weighted by molar-refractivity contribution is -0.117. The van der Waals surface area contributed by atoms with Crippen LogP contribution in [0.2, 0.25) is 0 Å². The third kappa shape index (κ3) is 6.08. The van der Waals surface area contributed by atoms with Crippen LogP contribution in [0.5, 0.6) is 11.5 Å². The van der Waals surface area contributed by atoms with E-state index in [1.165, 1.54) is 6.92 Å². The highest BCUT2D eigenvalue weighted by Gasteiger charge is 2.23. The Kier molecular flexibility index (Phi) is 7.95. The molecule has 0 spiro atoms. The zero-order valence-corrected chi connectivity index (χ0v) is 20.8. The van der Waals surface area contributed by atoms with Gasteiger partial charge in [-0.2, -0.15) is 4.99 Å². The second kappa shape index (κ2) is 10.5. The highest BCUT2D eigenvalue weighted by molar-refractivity contribution is 14.1. The normalized spacial score (nSPS) is 14.6. The van der Waals surface area contributed by atoms with Crippen LogP contribution >= 0.6 is 50.3 Å². The number of hydrogen-bond acceptors (Lipinski definition) is 5. The van der Waals surface area contributed by atoms with Crippen LogP contribution in [-0.4, -0.2) is 23.6 Å². The standard InChI is InChI=1S/C21H18BrIN2O4S/c1-3-28-17-9-14(10-18-20(27)25-21(30-18)24-12(2)26)8-16(23)19(17)29-11-13-4-6-15(22)7-5-13/h4-10H,3,11H2,1-2H3,(H,24,25,26,27)/b18-10-. The first kappa shape index (κ1) is 22.8. The third-order valence-corrected chi connectivity index (χ3v) is 6.06. The average molecular weight is 601 g/mol. The lowest BCUT2D eigenvalue weighted by atomic mass is 10.2. The largest absolute Gasteiger partial charge is 0.490 e. The fourth-order valence-corrected chi connectivity index (χ4v) is 4.48. The number of rotatable bonds is 6. The Balaban J connectivity index is 1.81. The molecule has 0 saturated carbocycles. The predicted molar refractivity (Wildman–Crippen MR) is 131 cm³/mol. The van der Waals surface area contributed by atoms with Crippen molar-refractivity contribution < 1.29 is 19.1 Å². The molecule has 1 N–H and O–H groups in total. The van der Waals surface area contributed by atoms with Gasteiger partial charge >= 0.3 is 0 Å². The molecule has 0 saturated heterocycles. The molecule has 2 aromatic carbocycles. The molecule has 0 atom stereocenters. The Labute approximate surface area is 200 Å². The molecule has 6 nitrogen and oxygen atoms in total. The fourth-order valence-electron chi connectivity index (χ4n) is 2.57. The van der Waals surface area contributed by atoms with E-state index in [-0.39, 0.29) is 17.0 Å². The van der Waals surface area contributed by atoms with Crippen LogP contribution in [0.3, 0.4) is 0 Å². The summed E-state index contributed by atoms with van der Waals surface area (Å²) < 4.78 is 13.7. The van der Waals surface area contributed by atoms with Gasteiger partial charge in [0.25, 0.3) is 5.91 Å². The van der Waals surface area contributed by atoms with Crippen molar-refractivity contribution in [1.29, 1.82) is 0 Å². The lowest BCUT2D eigenvalue weighted by Crippen LogP contribution is -2.23. The van der Waals surface area contributed by atoms with E-state index in [9.17, 15) is 9.59 Å². The average Bonchev–Trinajstić information content (AvgIpc) is 3.01. The number of nitrogens with zero attached hydrogens (tertiary/aromatic N) is 1. The minimum atomic E-state index is -0.382. The van der Waals surface area contributed by atoms with E-state index < -0.39 is 0 Å². The van der Waals surface area contributed by atoms with Gasteiger partial charge in [-0.25, -0.2) is 0 Å². The number of halogens is 2. The van der Waals surface area contributed by atoms with Crippen molar-refractivity contribution >= 4 is 73.3 Å². The summed E-state index contributed by atoms with van der Waals surface area (Å²) in [7, 11) is 0. The lowest BCUT2D eigenvalue weighted by Gasteiger charge is -2.15. The summed E-state index contributed by atoms with van der Waals surface area (Å²) >= 11 is 6.75. The first-order valence-electron chi connectivity index (χ1n) is 8.99.